The van der Waals surface area contributed by atoms with Crippen molar-refractivity contribution in [3.63, 3.8) is 0 Å². The summed E-state index contributed by atoms with van der Waals surface area (Å²) in [5.74, 6) is 0.259. The first-order chi connectivity index (χ1) is 8.15. The number of amides is 1. The third-order valence-electron chi connectivity index (χ3n) is 2.79. The van der Waals surface area contributed by atoms with Gasteiger partial charge in [-0.05, 0) is 30.2 Å². The third kappa shape index (κ3) is 4.32. The van der Waals surface area contributed by atoms with E-state index in [1.54, 1.807) is 6.07 Å². The smallest absolute Gasteiger partial charge is 0.225 e. The van der Waals surface area contributed by atoms with Crippen LogP contribution in [0.25, 0.3) is 0 Å². The number of nitrogens with one attached hydrogen (secondary N) is 2. The van der Waals surface area contributed by atoms with Gasteiger partial charge in [0.1, 0.15) is 0 Å². The molecule has 1 saturated heterocycles. The van der Waals surface area contributed by atoms with Gasteiger partial charge < -0.3 is 10.6 Å². The Labute approximate surface area is 123 Å². The summed E-state index contributed by atoms with van der Waals surface area (Å²) in [6.45, 7) is 2.19. The predicted molar refractivity (Wildman–Crippen MR) is 76.8 cm³/mol. The van der Waals surface area contributed by atoms with Crippen molar-refractivity contribution in [3.8, 4) is 0 Å². The molecule has 0 atom stereocenters. The minimum absolute atomic E-state index is 0. The van der Waals surface area contributed by atoms with E-state index in [1.807, 2.05) is 12.1 Å². The van der Waals surface area contributed by atoms with Gasteiger partial charge in [0.25, 0.3) is 0 Å². The molecule has 0 aliphatic carbocycles. The van der Waals surface area contributed by atoms with Gasteiger partial charge in [0, 0.05) is 29.7 Å². The van der Waals surface area contributed by atoms with Crippen molar-refractivity contribution < 1.29 is 4.79 Å². The monoisotopic (exact) mass is 308 g/mol. The van der Waals surface area contributed by atoms with Crippen molar-refractivity contribution in [3.05, 3.63) is 33.8 Å². The van der Waals surface area contributed by atoms with Crippen molar-refractivity contribution in [1.29, 1.82) is 0 Å². The van der Waals surface area contributed by atoms with Crippen LogP contribution in [0.3, 0.4) is 0 Å². The number of hydrogen-bond donors (Lipinski definition) is 2. The molecular weight excluding hydrogens is 295 g/mol. The lowest BCUT2D eigenvalue weighted by Crippen LogP contribution is -2.51. The van der Waals surface area contributed by atoms with Crippen LogP contribution in [-0.4, -0.2) is 25.5 Å². The molecule has 2 rings (SSSR count). The molecule has 3 nitrogen and oxygen atoms in total. The Balaban J connectivity index is 0.00000162. The van der Waals surface area contributed by atoms with Gasteiger partial charge in [-0.3, -0.25) is 4.79 Å². The van der Waals surface area contributed by atoms with E-state index in [4.69, 9.17) is 23.2 Å². The standard InChI is InChI=1S/C12H14Cl2N2O.ClH/c13-10-3-8(4-11(14)5-10)1-2-16-12(17)9-6-15-7-9;/h3-5,9,15H,1-2,6-7H2,(H,16,17);1H. The zero-order valence-corrected chi connectivity index (χ0v) is 12.0. The van der Waals surface area contributed by atoms with Gasteiger partial charge >= 0.3 is 0 Å². The molecular formula is C12H15Cl3N2O. The molecule has 0 radical (unpaired) electrons. The lowest BCUT2D eigenvalue weighted by molar-refractivity contribution is -0.126. The van der Waals surface area contributed by atoms with E-state index < -0.39 is 0 Å². The highest BCUT2D eigenvalue weighted by molar-refractivity contribution is 6.34. The van der Waals surface area contributed by atoms with Crippen LogP contribution in [-0.2, 0) is 11.2 Å². The average Bonchev–Trinajstić information content (AvgIpc) is 2.12. The van der Waals surface area contributed by atoms with Crippen LogP contribution in [0.5, 0.6) is 0 Å². The minimum atomic E-state index is 0. The van der Waals surface area contributed by atoms with Crippen LogP contribution < -0.4 is 10.6 Å². The normalized spacial score (nSPS) is 14.6. The number of hydrogen-bond acceptors (Lipinski definition) is 2. The lowest BCUT2D eigenvalue weighted by atomic mass is 10.0. The van der Waals surface area contributed by atoms with Crippen molar-refractivity contribution >= 4 is 41.5 Å². The molecule has 1 fully saturated rings. The first-order valence-electron chi connectivity index (χ1n) is 5.58. The molecule has 0 unspecified atom stereocenters. The molecule has 1 amide bonds. The second-order valence-corrected chi connectivity index (χ2v) is 5.05. The molecule has 2 N–H and O–H groups in total. The van der Waals surface area contributed by atoms with Crippen LogP contribution in [0.1, 0.15) is 5.56 Å². The fourth-order valence-corrected chi connectivity index (χ4v) is 2.27. The summed E-state index contributed by atoms with van der Waals surface area (Å²) in [4.78, 5) is 11.5. The Kier molecular flexibility index (Phi) is 6.22. The Morgan fingerprint density at radius 1 is 1.28 bits per heavy atom. The minimum Gasteiger partial charge on any atom is -0.355 e. The number of carbonyl (C=O) groups is 1. The van der Waals surface area contributed by atoms with Gasteiger partial charge in [0.05, 0.1) is 5.92 Å². The van der Waals surface area contributed by atoms with Crippen molar-refractivity contribution in [2.45, 2.75) is 6.42 Å². The van der Waals surface area contributed by atoms with Gasteiger partial charge in [0.15, 0.2) is 0 Å². The number of benzene rings is 1. The summed E-state index contributed by atoms with van der Waals surface area (Å²) in [6.07, 6.45) is 0.742. The van der Waals surface area contributed by atoms with Crippen LogP contribution in [0.2, 0.25) is 10.0 Å². The molecule has 100 valence electrons. The largest absolute Gasteiger partial charge is 0.355 e. The van der Waals surface area contributed by atoms with E-state index in [2.05, 4.69) is 10.6 Å². The van der Waals surface area contributed by atoms with Gasteiger partial charge in [-0.1, -0.05) is 23.2 Å². The Morgan fingerprint density at radius 3 is 2.39 bits per heavy atom. The Morgan fingerprint density at radius 2 is 1.89 bits per heavy atom. The summed E-state index contributed by atoms with van der Waals surface area (Å²) in [5.41, 5.74) is 1.04. The summed E-state index contributed by atoms with van der Waals surface area (Å²) in [7, 11) is 0. The Bertz CT molecular complexity index is 402. The third-order valence-corrected chi connectivity index (χ3v) is 3.22. The van der Waals surface area contributed by atoms with E-state index in [9.17, 15) is 4.79 Å². The fourth-order valence-electron chi connectivity index (χ4n) is 1.70. The second-order valence-electron chi connectivity index (χ2n) is 4.17. The van der Waals surface area contributed by atoms with Crippen LogP contribution in [0.15, 0.2) is 18.2 Å². The highest BCUT2D eigenvalue weighted by atomic mass is 35.5. The molecule has 1 aromatic carbocycles. The van der Waals surface area contributed by atoms with Gasteiger partial charge in [0.2, 0.25) is 5.91 Å². The summed E-state index contributed by atoms with van der Waals surface area (Å²) < 4.78 is 0. The molecule has 1 heterocycles. The summed E-state index contributed by atoms with van der Waals surface area (Å²) >= 11 is 11.8. The molecule has 1 aromatic rings. The van der Waals surface area contributed by atoms with Gasteiger partial charge in [-0.15, -0.1) is 12.4 Å². The van der Waals surface area contributed by atoms with E-state index in [0.717, 1.165) is 25.1 Å². The van der Waals surface area contributed by atoms with Crippen molar-refractivity contribution in [2.75, 3.05) is 19.6 Å². The SMILES string of the molecule is Cl.O=C(NCCc1cc(Cl)cc(Cl)c1)C1CNC1. The zero-order valence-electron chi connectivity index (χ0n) is 9.71. The maximum absolute atomic E-state index is 11.5. The predicted octanol–water partition coefficient (Wildman–Crippen LogP) is 2.29. The molecule has 18 heavy (non-hydrogen) atoms. The van der Waals surface area contributed by atoms with Crippen LogP contribution in [0.4, 0.5) is 0 Å². The van der Waals surface area contributed by atoms with E-state index in [-0.39, 0.29) is 24.2 Å². The fraction of sp³-hybridized carbons (Fsp3) is 0.417. The van der Waals surface area contributed by atoms with Gasteiger partial charge in [-0.2, -0.15) is 0 Å². The van der Waals surface area contributed by atoms with Crippen LogP contribution in [0, 0.1) is 5.92 Å². The molecule has 0 spiro atoms. The van der Waals surface area contributed by atoms with E-state index >= 15 is 0 Å². The first kappa shape index (κ1) is 15.6. The second kappa shape index (κ2) is 7.19. The van der Waals surface area contributed by atoms with E-state index in [0.29, 0.717) is 16.6 Å². The number of halogens is 3. The van der Waals surface area contributed by atoms with Gasteiger partial charge in [-0.25, -0.2) is 0 Å². The molecule has 0 aromatic heterocycles. The van der Waals surface area contributed by atoms with Crippen molar-refractivity contribution in [1.82, 2.24) is 10.6 Å². The maximum atomic E-state index is 11.5. The van der Waals surface area contributed by atoms with E-state index in [1.165, 1.54) is 0 Å². The van der Waals surface area contributed by atoms with Crippen molar-refractivity contribution in [2.24, 2.45) is 5.92 Å². The molecule has 0 bridgehead atoms. The molecule has 6 heteroatoms. The molecule has 0 saturated carbocycles. The van der Waals surface area contributed by atoms with Crippen LogP contribution >= 0.6 is 35.6 Å². The highest BCUT2D eigenvalue weighted by Gasteiger charge is 2.23. The molecule has 1 aliphatic rings. The topological polar surface area (TPSA) is 41.1 Å². The number of carbonyl (C=O) groups excluding carboxylic acids is 1. The zero-order chi connectivity index (χ0) is 12.3. The summed E-state index contributed by atoms with van der Waals surface area (Å²) in [6, 6.07) is 5.43. The highest BCUT2D eigenvalue weighted by Crippen LogP contribution is 2.19. The maximum Gasteiger partial charge on any atom is 0.225 e. The quantitative estimate of drug-likeness (QED) is 0.896. The Hall–Kier alpha value is -0.480. The lowest BCUT2D eigenvalue weighted by Gasteiger charge is -2.25. The summed E-state index contributed by atoms with van der Waals surface area (Å²) in [5, 5.41) is 7.23. The average molecular weight is 310 g/mol. The molecule has 1 aliphatic heterocycles. The number of rotatable bonds is 4. The first-order valence-corrected chi connectivity index (χ1v) is 6.34.